The van der Waals surface area contributed by atoms with Gasteiger partial charge in [0.15, 0.2) is 0 Å². The van der Waals surface area contributed by atoms with E-state index in [4.69, 9.17) is 33.7 Å². The van der Waals surface area contributed by atoms with E-state index in [1.54, 1.807) is 25.1 Å². The molecular formula is C46H56N8O9. The van der Waals surface area contributed by atoms with Crippen LogP contribution in [0.2, 0.25) is 0 Å². The zero-order valence-corrected chi connectivity index (χ0v) is 36.9. The molecule has 0 bridgehead atoms. The predicted molar refractivity (Wildman–Crippen MR) is 234 cm³/mol. The van der Waals surface area contributed by atoms with Crippen molar-refractivity contribution in [2.75, 3.05) is 41.6 Å². The number of carbonyl (C=O) groups excluding carboxylic acids is 4. The number of carbonyl (C=O) groups is 4. The molecule has 4 N–H and O–H groups in total. The molecule has 3 aliphatic rings. The number of imidazole rings is 2. The molecule has 0 spiro atoms. The molecule has 8 rings (SSSR count). The van der Waals surface area contributed by atoms with Crippen LogP contribution in [0.4, 0.5) is 9.59 Å². The Labute approximate surface area is 365 Å². The number of alkyl carbamates (subject to hydrolysis) is 2. The number of rotatable bonds is 12. The first-order valence-corrected chi connectivity index (χ1v) is 21.4. The molecule has 0 radical (unpaired) electrons. The number of nitrogens with zero attached hydrogens (tertiary/aromatic N) is 4. The molecule has 0 unspecified atom stereocenters. The fourth-order valence-electron chi connectivity index (χ4n) is 9.43. The number of benzene rings is 3. The molecule has 4 amide bonds. The fraction of sp³-hybridized carbons (Fsp3) is 0.478. The van der Waals surface area contributed by atoms with E-state index in [0.717, 1.165) is 68.3 Å². The van der Waals surface area contributed by atoms with Gasteiger partial charge in [-0.1, -0.05) is 32.0 Å². The van der Waals surface area contributed by atoms with Crippen LogP contribution in [-0.4, -0.2) is 120 Å². The number of aromatic nitrogens is 4. The van der Waals surface area contributed by atoms with E-state index in [1.165, 1.54) is 21.3 Å². The Kier molecular flexibility index (Phi) is 12.3. The highest BCUT2D eigenvalue weighted by atomic mass is 16.5. The first-order chi connectivity index (χ1) is 30.3. The summed E-state index contributed by atoms with van der Waals surface area (Å²) in [5, 5.41) is 7.32. The molecule has 5 heterocycles. The Morgan fingerprint density at radius 2 is 1.63 bits per heavy atom. The van der Waals surface area contributed by atoms with Gasteiger partial charge in [0.25, 0.3) is 0 Å². The summed E-state index contributed by atoms with van der Waals surface area (Å²) in [6.07, 6.45) is 1.99. The van der Waals surface area contributed by atoms with E-state index >= 15 is 0 Å². The van der Waals surface area contributed by atoms with Crippen LogP contribution in [0.5, 0.6) is 5.75 Å². The molecule has 2 fully saturated rings. The first-order valence-electron chi connectivity index (χ1n) is 21.4. The van der Waals surface area contributed by atoms with E-state index in [0.29, 0.717) is 37.8 Å². The van der Waals surface area contributed by atoms with Gasteiger partial charge >= 0.3 is 12.2 Å². The summed E-state index contributed by atoms with van der Waals surface area (Å²) in [4.78, 5) is 72.9. The van der Waals surface area contributed by atoms with Gasteiger partial charge in [-0.3, -0.25) is 9.59 Å². The van der Waals surface area contributed by atoms with Gasteiger partial charge in [-0.05, 0) is 85.4 Å². The Hall–Kier alpha value is -6.20. The fourth-order valence-corrected chi connectivity index (χ4v) is 9.43. The maximum absolute atomic E-state index is 14.0. The third-order valence-electron chi connectivity index (χ3n) is 12.9. The van der Waals surface area contributed by atoms with Crippen LogP contribution >= 0.6 is 0 Å². The molecule has 0 saturated carbocycles. The molecule has 2 saturated heterocycles. The monoisotopic (exact) mass is 864 g/mol. The van der Waals surface area contributed by atoms with Gasteiger partial charge in [0, 0.05) is 43.7 Å². The molecule has 5 aromatic rings. The first kappa shape index (κ1) is 43.4. The zero-order valence-electron chi connectivity index (χ0n) is 36.9. The number of nitrogens with one attached hydrogen (secondary N) is 4. The van der Waals surface area contributed by atoms with Crippen molar-refractivity contribution in [2.45, 2.75) is 89.9 Å². The van der Waals surface area contributed by atoms with Gasteiger partial charge in [-0.2, -0.15) is 0 Å². The zero-order chi connectivity index (χ0) is 44.7. The van der Waals surface area contributed by atoms with Crippen LogP contribution in [0.1, 0.15) is 76.3 Å². The highest BCUT2D eigenvalue weighted by molar-refractivity contribution is 6.07. The minimum Gasteiger partial charge on any atom is -0.488 e. The molecule has 7 atom stereocenters. The molecular weight excluding hydrogens is 809 g/mol. The second kappa shape index (κ2) is 17.9. The normalized spacial score (nSPS) is 20.8. The third kappa shape index (κ3) is 8.26. The lowest BCUT2D eigenvalue weighted by atomic mass is 9.92. The topological polar surface area (TPSA) is 202 Å². The second-order valence-electron chi connectivity index (χ2n) is 17.2. The summed E-state index contributed by atoms with van der Waals surface area (Å²) in [7, 11) is 5.68. The number of aromatic amines is 2. The van der Waals surface area contributed by atoms with Gasteiger partial charge in [0.1, 0.15) is 36.1 Å². The van der Waals surface area contributed by atoms with Gasteiger partial charge in [0.2, 0.25) is 11.8 Å². The van der Waals surface area contributed by atoms with E-state index in [1.807, 2.05) is 31.7 Å². The Balaban J connectivity index is 1.05. The summed E-state index contributed by atoms with van der Waals surface area (Å²) in [6, 6.07) is 12.1. The van der Waals surface area contributed by atoms with Crippen molar-refractivity contribution < 1.29 is 42.9 Å². The molecule has 2 aromatic heterocycles. The average molecular weight is 865 g/mol. The molecule has 17 heteroatoms. The Morgan fingerprint density at radius 1 is 0.873 bits per heavy atom. The van der Waals surface area contributed by atoms with Crippen LogP contribution < -0.4 is 15.4 Å². The maximum atomic E-state index is 14.0. The summed E-state index contributed by atoms with van der Waals surface area (Å²) >= 11 is 0. The van der Waals surface area contributed by atoms with Crippen LogP contribution in [0.15, 0.2) is 48.7 Å². The number of likely N-dealkylation sites (tertiary alicyclic amines) is 2. The number of ether oxygens (including phenoxy) is 5. The number of methoxy groups -OCH3 is 4. The largest absolute Gasteiger partial charge is 0.488 e. The average Bonchev–Trinajstić information content (AvgIpc) is 4.11. The molecule has 63 heavy (non-hydrogen) atoms. The van der Waals surface area contributed by atoms with Gasteiger partial charge in [0.05, 0.1) is 61.9 Å². The smallest absolute Gasteiger partial charge is 0.407 e. The van der Waals surface area contributed by atoms with Crippen LogP contribution in [0, 0.1) is 11.8 Å². The summed E-state index contributed by atoms with van der Waals surface area (Å²) in [5.41, 5.74) is 6.42. The lowest BCUT2D eigenvalue weighted by molar-refractivity contribution is -0.138. The van der Waals surface area contributed by atoms with Crippen molar-refractivity contribution >= 4 is 45.8 Å². The molecule has 17 nitrogen and oxygen atoms in total. The highest BCUT2D eigenvalue weighted by Crippen LogP contribution is 2.44. The number of hydrogen-bond donors (Lipinski definition) is 4. The lowest BCUT2D eigenvalue weighted by Gasteiger charge is -2.32. The summed E-state index contributed by atoms with van der Waals surface area (Å²) in [6.45, 7) is 8.82. The van der Waals surface area contributed by atoms with Crippen molar-refractivity contribution in [3.63, 3.8) is 0 Å². The number of hydrogen-bond acceptors (Lipinski definition) is 11. The third-order valence-corrected chi connectivity index (χ3v) is 12.9. The van der Waals surface area contributed by atoms with Crippen molar-refractivity contribution in [2.24, 2.45) is 11.8 Å². The van der Waals surface area contributed by atoms with E-state index in [-0.39, 0.29) is 41.8 Å². The quantitative estimate of drug-likeness (QED) is 0.108. The second-order valence-corrected chi connectivity index (χ2v) is 17.2. The Morgan fingerprint density at radius 3 is 2.35 bits per heavy atom. The number of H-pyrrole nitrogens is 2. The molecule has 3 aromatic carbocycles. The van der Waals surface area contributed by atoms with E-state index in [2.05, 4.69) is 57.0 Å². The Bertz CT molecular complexity index is 2540. The van der Waals surface area contributed by atoms with Crippen molar-refractivity contribution in [1.29, 1.82) is 0 Å². The minimum atomic E-state index is -0.963. The summed E-state index contributed by atoms with van der Waals surface area (Å²) < 4.78 is 27.0. The van der Waals surface area contributed by atoms with Crippen LogP contribution in [0.25, 0.3) is 44.2 Å². The van der Waals surface area contributed by atoms with Gasteiger partial charge in [-0.25, -0.2) is 19.6 Å². The SMILES string of the molecule is COC[C@H]1C[C@@H](c2ncc(-c3ccc4c(c3)COc3cc5c(ccc6[nH]c([C@@H]7CC[C@H](C)N7C(=O)[C@@H](NC(=O)OC)C(C)C)nc65)cc3-4)[nH]2)N(C(=O)[C@@H](NC(=O)OC)[C@H](C)OC)C1. The van der Waals surface area contributed by atoms with Crippen molar-refractivity contribution in [1.82, 2.24) is 40.4 Å². The van der Waals surface area contributed by atoms with Gasteiger partial charge in [-0.15, -0.1) is 0 Å². The molecule has 0 aliphatic carbocycles. The molecule has 3 aliphatic heterocycles. The summed E-state index contributed by atoms with van der Waals surface area (Å²) in [5.74, 6) is 1.56. The number of amides is 4. The van der Waals surface area contributed by atoms with Gasteiger partial charge < -0.3 is 54.1 Å². The predicted octanol–water partition coefficient (Wildman–Crippen LogP) is 6.39. The van der Waals surface area contributed by atoms with E-state index in [9.17, 15) is 19.2 Å². The molecule has 334 valence electrons. The standard InChI is InChI=1S/C46H56N8O9/c1-23(2)38(51-45(57)61-7)44(56)54-24(3)9-14-35(54)42-48-33-13-11-27-17-32-30-12-10-28(16-29(30)22-63-37(32)18-31(27)40(33)50-42)34-19-47-41(49-34)36-15-26(21-59-5)20-53(36)43(55)39(25(4)60-6)52-46(58)62-8/h10-13,16-19,23-26,35-36,38-39H,9,14-15,20-22H2,1-8H3,(H,47,49)(H,48,50)(H,51,57)(H,52,58)/t24-,25-,26-,35-,36-,38-,39-/m0/s1. The van der Waals surface area contributed by atoms with Crippen molar-refractivity contribution in [3.8, 4) is 28.1 Å². The van der Waals surface area contributed by atoms with Crippen LogP contribution in [0.3, 0.4) is 0 Å². The maximum Gasteiger partial charge on any atom is 0.407 e. The highest BCUT2D eigenvalue weighted by Gasteiger charge is 2.43. The minimum absolute atomic E-state index is 0.0341. The van der Waals surface area contributed by atoms with Crippen LogP contribution in [-0.2, 0) is 35.1 Å². The van der Waals surface area contributed by atoms with E-state index < -0.39 is 30.4 Å². The number of fused-ring (bicyclic) bond motifs is 6. The van der Waals surface area contributed by atoms with Crippen molar-refractivity contribution in [3.05, 3.63) is 65.9 Å². The lowest BCUT2D eigenvalue weighted by Crippen LogP contribution is -2.54.